The largest absolute Gasteiger partial charge is 0.482 e. The third-order valence-corrected chi connectivity index (χ3v) is 4.28. The molecule has 0 saturated carbocycles. The second-order valence-electron chi connectivity index (χ2n) is 5.93. The Morgan fingerprint density at radius 2 is 1.52 bits per heavy atom. The molecule has 2 rings (SSSR count). The summed E-state index contributed by atoms with van der Waals surface area (Å²) in [6.07, 6.45) is 0.388. The topological polar surface area (TPSA) is 69.7 Å². The van der Waals surface area contributed by atoms with Gasteiger partial charge in [0.05, 0.1) is 6.61 Å². The van der Waals surface area contributed by atoms with E-state index in [2.05, 4.69) is 0 Å². The van der Waals surface area contributed by atoms with Gasteiger partial charge in [-0.25, -0.2) is 4.79 Å². The minimum Gasteiger partial charge on any atom is -0.482 e. The number of allylic oxidation sites excluding steroid dienone is 4. The Kier molecular flexibility index (Phi) is 5.91. The van der Waals surface area contributed by atoms with Crippen LogP contribution in [0, 0.1) is 0 Å². The van der Waals surface area contributed by atoms with E-state index >= 15 is 0 Å². The monoisotopic (exact) mass is 342 g/mol. The highest BCUT2D eigenvalue weighted by molar-refractivity contribution is 6.24. The minimum absolute atomic E-state index is 0.0681. The number of carbonyl (C=O) groups excluding carboxylic acids is 3. The summed E-state index contributed by atoms with van der Waals surface area (Å²) in [5.41, 5.74) is 2.98. The van der Waals surface area contributed by atoms with Gasteiger partial charge in [0.1, 0.15) is 5.75 Å². The Hall–Kier alpha value is -2.69. The number of Topliss-reactive ketones (excluding diaryl/α,β-unsaturated/α-hetero) is 2. The number of rotatable bonds is 6. The van der Waals surface area contributed by atoms with E-state index < -0.39 is 5.97 Å². The summed E-state index contributed by atoms with van der Waals surface area (Å²) >= 11 is 0. The lowest BCUT2D eigenvalue weighted by molar-refractivity contribution is -0.145. The van der Waals surface area contributed by atoms with E-state index in [1.165, 1.54) is 0 Å². The summed E-state index contributed by atoms with van der Waals surface area (Å²) in [6.45, 7) is 6.98. The van der Waals surface area contributed by atoms with E-state index in [1.807, 2.05) is 12.1 Å². The molecule has 0 unspecified atom stereocenters. The molecule has 0 spiro atoms. The molecule has 0 heterocycles. The van der Waals surface area contributed by atoms with Gasteiger partial charge in [0.25, 0.3) is 0 Å². The van der Waals surface area contributed by atoms with Crippen LogP contribution >= 0.6 is 0 Å². The van der Waals surface area contributed by atoms with Crippen LogP contribution in [0.1, 0.15) is 33.3 Å². The van der Waals surface area contributed by atoms with Gasteiger partial charge in [0.2, 0.25) is 0 Å². The van der Waals surface area contributed by atoms with Crippen molar-refractivity contribution >= 4 is 17.5 Å². The molecule has 1 aliphatic rings. The van der Waals surface area contributed by atoms with Crippen molar-refractivity contribution in [3.63, 3.8) is 0 Å². The Labute approximate surface area is 147 Å². The van der Waals surface area contributed by atoms with Crippen molar-refractivity contribution in [3.8, 4) is 5.75 Å². The number of ketones is 2. The SMILES string of the molecule is CCOC(=O)COc1ccc(CC2=C(C)C(=O)C(C)=C(C)C2=O)cc1. The number of hydrogen-bond donors (Lipinski definition) is 0. The number of hydrogen-bond acceptors (Lipinski definition) is 5. The van der Waals surface area contributed by atoms with E-state index in [-0.39, 0.29) is 18.2 Å². The number of benzene rings is 1. The van der Waals surface area contributed by atoms with Crippen LogP contribution in [0.2, 0.25) is 0 Å². The number of esters is 1. The van der Waals surface area contributed by atoms with Gasteiger partial charge < -0.3 is 9.47 Å². The molecule has 0 bridgehead atoms. The third kappa shape index (κ3) is 4.24. The van der Waals surface area contributed by atoms with Gasteiger partial charge in [-0.05, 0) is 45.4 Å². The molecular formula is C20H22O5. The molecule has 1 aromatic rings. The Morgan fingerprint density at radius 1 is 0.920 bits per heavy atom. The van der Waals surface area contributed by atoms with Crippen LogP contribution in [0.3, 0.4) is 0 Å². The lowest BCUT2D eigenvalue weighted by Gasteiger charge is -2.18. The molecule has 25 heavy (non-hydrogen) atoms. The molecule has 0 fully saturated rings. The molecular weight excluding hydrogens is 320 g/mol. The Balaban J connectivity index is 2.07. The van der Waals surface area contributed by atoms with Crippen LogP contribution in [0.15, 0.2) is 46.6 Å². The summed E-state index contributed by atoms with van der Waals surface area (Å²) < 4.78 is 10.1. The average molecular weight is 342 g/mol. The van der Waals surface area contributed by atoms with Crippen LogP contribution in [0.25, 0.3) is 0 Å². The molecule has 0 saturated heterocycles. The van der Waals surface area contributed by atoms with Crippen LogP contribution in [-0.4, -0.2) is 30.7 Å². The van der Waals surface area contributed by atoms with Crippen molar-refractivity contribution < 1.29 is 23.9 Å². The van der Waals surface area contributed by atoms with Crippen LogP contribution in [0.5, 0.6) is 5.75 Å². The molecule has 0 radical (unpaired) electrons. The van der Waals surface area contributed by atoms with Crippen molar-refractivity contribution in [2.24, 2.45) is 0 Å². The van der Waals surface area contributed by atoms with Gasteiger partial charge in [-0.1, -0.05) is 12.1 Å². The molecule has 1 aliphatic carbocycles. The predicted molar refractivity (Wildman–Crippen MR) is 93.4 cm³/mol. The molecule has 0 atom stereocenters. The fourth-order valence-corrected chi connectivity index (χ4v) is 2.62. The fraction of sp³-hybridized carbons (Fsp3) is 0.350. The van der Waals surface area contributed by atoms with Gasteiger partial charge >= 0.3 is 5.97 Å². The summed E-state index contributed by atoms with van der Waals surface area (Å²) in [5.74, 6) is -0.0181. The van der Waals surface area contributed by atoms with E-state index in [1.54, 1.807) is 39.8 Å². The Bertz CT molecular complexity index is 766. The first kappa shape index (κ1) is 18.6. The van der Waals surface area contributed by atoms with Crippen LogP contribution < -0.4 is 4.74 Å². The minimum atomic E-state index is -0.420. The highest BCUT2D eigenvalue weighted by atomic mass is 16.6. The maximum Gasteiger partial charge on any atom is 0.344 e. The lowest BCUT2D eigenvalue weighted by Crippen LogP contribution is -2.21. The highest BCUT2D eigenvalue weighted by Gasteiger charge is 2.27. The highest BCUT2D eigenvalue weighted by Crippen LogP contribution is 2.27. The van der Waals surface area contributed by atoms with Gasteiger partial charge in [-0.2, -0.15) is 0 Å². The maximum absolute atomic E-state index is 12.5. The molecule has 0 amide bonds. The zero-order chi connectivity index (χ0) is 18.6. The standard InChI is InChI=1S/C20H22O5/c1-5-24-18(21)11-25-16-8-6-15(7-9-16)10-17-14(4)19(22)12(2)13(3)20(17)23/h6-9H,5,10-11H2,1-4H3. The van der Waals surface area contributed by atoms with Gasteiger partial charge in [-0.3, -0.25) is 9.59 Å². The molecule has 132 valence electrons. The van der Waals surface area contributed by atoms with Crippen molar-refractivity contribution in [1.82, 2.24) is 0 Å². The van der Waals surface area contributed by atoms with Crippen LogP contribution in [-0.2, 0) is 25.5 Å². The lowest BCUT2D eigenvalue weighted by atomic mass is 9.83. The van der Waals surface area contributed by atoms with E-state index in [0.717, 1.165) is 5.56 Å². The summed E-state index contributed by atoms with van der Waals surface area (Å²) in [4.78, 5) is 35.9. The molecule has 1 aromatic carbocycles. The van der Waals surface area contributed by atoms with Gasteiger partial charge in [-0.15, -0.1) is 0 Å². The quantitative estimate of drug-likeness (QED) is 0.587. The van der Waals surface area contributed by atoms with Crippen molar-refractivity contribution in [1.29, 1.82) is 0 Å². The smallest absolute Gasteiger partial charge is 0.344 e. The fourth-order valence-electron chi connectivity index (χ4n) is 2.62. The maximum atomic E-state index is 12.5. The molecule has 5 nitrogen and oxygen atoms in total. The molecule has 5 heteroatoms. The zero-order valence-electron chi connectivity index (χ0n) is 15.0. The first-order valence-electron chi connectivity index (χ1n) is 8.19. The van der Waals surface area contributed by atoms with E-state index in [4.69, 9.17) is 9.47 Å². The van der Waals surface area contributed by atoms with E-state index in [0.29, 0.717) is 41.1 Å². The first-order valence-corrected chi connectivity index (χ1v) is 8.19. The van der Waals surface area contributed by atoms with Crippen molar-refractivity contribution in [2.45, 2.75) is 34.1 Å². The van der Waals surface area contributed by atoms with Gasteiger partial charge in [0, 0.05) is 28.7 Å². The molecule has 0 aliphatic heterocycles. The summed E-state index contributed by atoms with van der Waals surface area (Å²) in [6, 6.07) is 7.10. The molecule has 0 aromatic heterocycles. The number of carbonyl (C=O) groups is 3. The zero-order valence-corrected chi connectivity index (χ0v) is 15.0. The first-order chi connectivity index (χ1) is 11.8. The normalized spacial score (nSPS) is 14.9. The second-order valence-corrected chi connectivity index (χ2v) is 5.93. The van der Waals surface area contributed by atoms with Crippen molar-refractivity contribution in [2.75, 3.05) is 13.2 Å². The summed E-state index contributed by atoms with van der Waals surface area (Å²) in [7, 11) is 0. The van der Waals surface area contributed by atoms with Crippen molar-refractivity contribution in [3.05, 3.63) is 52.1 Å². The third-order valence-electron chi connectivity index (χ3n) is 4.28. The second kappa shape index (κ2) is 7.92. The Morgan fingerprint density at radius 3 is 2.12 bits per heavy atom. The van der Waals surface area contributed by atoms with Crippen LogP contribution in [0.4, 0.5) is 0 Å². The molecule has 0 N–H and O–H groups in total. The average Bonchev–Trinajstić information content (AvgIpc) is 2.61. The summed E-state index contributed by atoms with van der Waals surface area (Å²) in [5, 5.41) is 0. The van der Waals surface area contributed by atoms with Gasteiger partial charge in [0.15, 0.2) is 18.2 Å². The predicted octanol–water partition coefficient (Wildman–Crippen LogP) is 2.98. The van der Waals surface area contributed by atoms with E-state index in [9.17, 15) is 14.4 Å². The number of ether oxygens (including phenoxy) is 2.